The van der Waals surface area contributed by atoms with Crippen LogP contribution in [-0.2, 0) is 11.3 Å². The predicted octanol–water partition coefficient (Wildman–Crippen LogP) is 4.00. The van der Waals surface area contributed by atoms with Crippen LogP contribution >= 0.6 is 11.3 Å². The molecule has 2 heterocycles. The summed E-state index contributed by atoms with van der Waals surface area (Å²) in [5.41, 5.74) is 1.29. The lowest BCUT2D eigenvalue weighted by atomic mass is 10.1. The van der Waals surface area contributed by atoms with Crippen LogP contribution in [0.15, 0.2) is 66.0 Å². The second-order valence-corrected chi connectivity index (χ2v) is 7.56. The maximum Gasteiger partial charge on any atom is 0.335 e. The number of hydrogen-bond donors (Lipinski definition) is 1. The van der Waals surface area contributed by atoms with E-state index >= 15 is 0 Å². The molecule has 0 saturated carbocycles. The van der Waals surface area contributed by atoms with Crippen molar-refractivity contribution in [1.82, 2.24) is 4.90 Å². The second-order valence-electron chi connectivity index (χ2n) is 6.58. The molecule has 6 nitrogen and oxygen atoms in total. The lowest BCUT2D eigenvalue weighted by Crippen LogP contribution is -2.36. The summed E-state index contributed by atoms with van der Waals surface area (Å²) in [7, 11) is 0. The van der Waals surface area contributed by atoms with Crippen LogP contribution in [0.1, 0.15) is 47.6 Å². The van der Waals surface area contributed by atoms with Crippen LogP contribution in [0, 0.1) is 0 Å². The Bertz CT molecular complexity index is 1060. The molecule has 2 aromatic carbocycles. The van der Waals surface area contributed by atoms with E-state index in [-0.39, 0.29) is 23.3 Å². The molecule has 0 saturated heterocycles. The largest absolute Gasteiger partial charge is 0.478 e. The van der Waals surface area contributed by atoms with Gasteiger partial charge in [-0.1, -0.05) is 36.4 Å². The third-order valence-electron chi connectivity index (χ3n) is 4.74. The Morgan fingerprint density at radius 1 is 1.00 bits per heavy atom. The maximum atomic E-state index is 13.0. The van der Waals surface area contributed by atoms with Crippen molar-refractivity contribution < 1.29 is 24.2 Å². The summed E-state index contributed by atoms with van der Waals surface area (Å²) in [5, 5.41) is 11.1. The van der Waals surface area contributed by atoms with E-state index in [2.05, 4.69) is 0 Å². The number of fused-ring (bicyclic) bond motifs is 1. The Morgan fingerprint density at radius 3 is 2.45 bits per heavy atom. The van der Waals surface area contributed by atoms with Gasteiger partial charge < -0.3 is 9.84 Å². The van der Waals surface area contributed by atoms with E-state index in [0.29, 0.717) is 6.61 Å². The van der Waals surface area contributed by atoms with Gasteiger partial charge in [0.15, 0.2) is 0 Å². The molecular weight excluding hydrogens is 390 g/mol. The molecule has 1 N–H and O–H groups in total. The number of carboxylic acids is 1. The molecule has 146 valence electrons. The number of nitrogens with zero attached hydrogens (tertiary/aromatic N) is 1. The smallest absolute Gasteiger partial charge is 0.335 e. The van der Waals surface area contributed by atoms with Crippen molar-refractivity contribution in [2.75, 3.05) is 6.61 Å². The molecule has 1 aromatic heterocycles. The summed E-state index contributed by atoms with van der Waals surface area (Å²) in [5.74, 6) is -2.09. The number of rotatable bonds is 7. The number of carbonyl (C=O) groups is 3. The van der Waals surface area contributed by atoms with Crippen LogP contribution in [-0.4, -0.2) is 34.4 Å². The Labute approximate surface area is 171 Å². The molecule has 1 atom stereocenters. The minimum atomic E-state index is -1.15. The number of benzene rings is 2. The highest BCUT2D eigenvalue weighted by Gasteiger charge is 2.41. The maximum absolute atomic E-state index is 13.0. The quantitative estimate of drug-likeness (QED) is 0.599. The Balaban J connectivity index is 1.60. The van der Waals surface area contributed by atoms with E-state index in [0.717, 1.165) is 10.4 Å². The summed E-state index contributed by atoms with van der Waals surface area (Å²) in [4.78, 5) is 39.2. The normalized spacial score (nSPS) is 14.1. The summed E-state index contributed by atoms with van der Waals surface area (Å²) in [6.45, 7) is 0.502. The van der Waals surface area contributed by atoms with Crippen LogP contribution in [0.25, 0.3) is 0 Å². The van der Waals surface area contributed by atoms with Crippen molar-refractivity contribution in [3.05, 3.63) is 93.2 Å². The average Bonchev–Trinajstić information content (AvgIpc) is 3.34. The van der Waals surface area contributed by atoms with E-state index in [1.807, 2.05) is 47.8 Å². The zero-order valence-electron chi connectivity index (χ0n) is 15.3. The standard InChI is InChI=1S/C22H17NO5S/c24-20-16-9-8-15(22(26)27)11-17(16)21(25)23(20)18(19-7-4-10-29-19)13-28-12-14-5-2-1-3-6-14/h1-11,18H,12-13H2,(H,26,27). The molecule has 3 aromatic rings. The highest BCUT2D eigenvalue weighted by molar-refractivity contribution is 7.10. The predicted molar refractivity (Wildman–Crippen MR) is 107 cm³/mol. The summed E-state index contributed by atoms with van der Waals surface area (Å²) >= 11 is 1.43. The fourth-order valence-corrected chi connectivity index (χ4v) is 4.10. The zero-order chi connectivity index (χ0) is 20.4. The lowest BCUT2D eigenvalue weighted by Gasteiger charge is -2.25. The van der Waals surface area contributed by atoms with Crippen LogP contribution in [0.4, 0.5) is 0 Å². The van der Waals surface area contributed by atoms with Gasteiger partial charge in [-0.05, 0) is 35.2 Å². The first kappa shape index (κ1) is 19.0. The van der Waals surface area contributed by atoms with Gasteiger partial charge in [0.1, 0.15) is 0 Å². The second kappa shape index (κ2) is 7.98. The fraction of sp³-hybridized carbons (Fsp3) is 0.136. The highest BCUT2D eigenvalue weighted by Crippen LogP contribution is 2.34. The Morgan fingerprint density at radius 2 is 1.76 bits per heavy atom. The minimum absolute atomic E-state index is 0.0280. The molecule has 0 aliphatic carbocycles. The molecule has 4 rings (SSSR count). The van der Waals surface area contributed by atoms with Crippen LogP contribution in [0.5, 0.6) is 0 Å². The topological polar surface area (TPSA) is 83.9 Å². The monoisotopic (exact) mass is 407 g/mol. The Hall–Kier alpha value is -3.29. The number of aromatic carboxylic acids is 1. The number of thiophene rings is 1. The van der Waals surface area contributed by atoms with Crippen molar-refractivity contribution in [3.8, 4) is 0 Å². The van der Waals surface area contributed by atoms with Gasteiger partial charge in [-0.2, -0.15) is 0 Å². The van der Waals surface area contributed by atoms with Crippen molar-refractivity contribution in [2.24, 2.45) is 0 Å². The van der Waals surface area contributed by atoms with E-state index < -0.39 is 23.8 Å². The van der Waals surface area contributed by atoms with Gasteiger partial charge in [0, 0.05) is 4.88 Å². The van der Waals surface area contributed by atoms with E-state index in [4.69, 9.17) is 4.74 Å². The van der Waals surface area contributed by atoms with E-state index in [9.17, 15) is 19.5 Å². The third kappa shape index (κ3) is 3.70. The highest BCUT2D eigenvalue weighted by atomic mass is 32.1. The number of amides is 2. The van der Waals surface area contributed by atoms with Gasteiger partial charge in [0.05, 0.1) is 35.9 Å². The van der Waals surface area contributed by atoms with Crippen molar-refractivity contribution >= 4 is 29.1 Å². The average molecular weight is 407 g/mol. The minimum Gasteiger partial charge on any atom is -0.478 e. The van der Waals surface area contributed by atoms with Gasteiger partial charge in [-0.3, -0.25) is 14.5 Å². The summed E-state index contributed by atoms with van der Waals surface area (Å²) in [6, 6.07) is 16.7. The third-order valence-corrected chi connectivity index (χ3v) is 5.71. The molecule has 29 heavy (non-hydrogen) atoms. The van der Waals surface area contributed by atoms with E-state index in [1.54, 1.807) is 0 Å². The molecule has 1 unspecified atom stereocenters. The lowest BCUT2D eigenvalue weighted by molar-refractivity contribution is 0.0366. The van der Waals surface area contributed by atoms with Crippen molar-refractivity contribution in [3.63, 3.8) is 0 Å². The van der Waals surface area contributed by atoms with Gasteiger partial charge >= 0.3 is 5.97 Å². The van der Waals surface area contributed by atoms with Crippen LogP contribution in [0.2, 0.25) is 0 Å². The SMILES string of the molecule is O=C(O)c1ccc2c(c1)C(=O)N(C(COCc1ccccc1)c1cccs1)C2=O. The molecule has 1 aliphatic rings. The summed E-state index contributed by atoms with van der Waals surface area (Å²) in [6.07, 6.45) is 0. The molecule has 1 aliphatic heterocycles. The van der Waals surface area contributed by atoms with Gasteiger partial charge in [0.2, 0.25) is 0 Å². The first-order chi connectivity index (χ1) is 14.1. The molecule has 7 heteroatoms. The first-order valence-electron chi connectivity index (χ1n) is 8.96. The molecule has 0 fully saturated rings. The van der Waals surface area contributed by atoms with E-state index in [1.165, 1.54) is 34.4 Å². The molecule has 0 radical (unpaired) electrons. The fourth-order valence-electron chi connectivity index (χ4n) is 3.30. The van der Waals surface area contributed by atoms with Gasteiger partial charge in [-0.25, -0.2) is 4.79 Å². The number of ether oxygens (including phenoxy) is 1. The van der Waals surface area contributed by atoms with Gasteiger partial charge in [-0.15, -0.1) is 11.3 Å². The zero-order valence-corrected chi connectivity index (χ0v) is 16.1. The number of imide groups is 1. The number of carboxylic acid groups (broad SMARTS) is 1. The van der Waals surface area contributed by atoms with Crippen LogP contribution in [0.3, 0.4) is 0 Å². The molecule has 0 spiro atoms. The number of hydrogen-bond acceptors (Lipinski definition) is 5. The summed E-state index contributed by atoms with van der Waals surface area (Å²) < 4.78 is 5.84. The van der Waals surface area contributed by atoms with Crippen LogP contribution < -0.4 is 0 Å². The van der Waals surface area contributed by atoms with Crippen molar-refractivity contribution in [2.45, 2.75) is 12.6 Å². The molecular formula is C22H17NO5S. The molecule has 2 amide bonds. The first-order valence-corrected chi connectivity index (χ1v) is 9.84. The molecule has 0 bridgehead atoms. The van der Waals surface area contributed by atoms with Crippen molar-refractivity contribution in [1.29, 1.82) is 0 Å². The number of carbonyl (C=O) groups excluding carboxylic acids is 2. The van der Waals surface area contributed by atoms with Gasteiger partial charge in [0.25, 0.3) is 11.8 Å². The Kier molecular flexibility index (Phi) is 5.24.